The number of carbonyl (C=O) groups is 1. The van der Waals surface area contributed by atoms with E-state index < -0.39 is 17.2 Å². The van der Waals surface area contributed by atoms with Crippen LogP contribution >= 0.6 is 12.2 Å². The standard InChI is InChI=1S/C15H19N3O4S/c1-7-5-10(9(3)22-7)15(4,21)6-16-12(19)11-8(2)17-14(20)18-13(11)23/h5,21H,6H2,1-4H3,(H,16,19)(H2,17,18,20,23). The molecule has 0 saturated heterocycles. The molecule has 1 amide bonds. The van der Waals surface area contributed by atoms with Crippen LogP contribution in [-0.2, 0) is 5.60 Å². The van der Waals surface area contributed by atoms with Gasteiger partial charge < -0.3 is 19.8 Å². The molecule has 0 saturated carbocycles. The van der Waals surface area contributed by atoms with E-state index >= 15 is 0 Å². The van der Waals surface area contributed by atoms with E-state index in [1.54, 1.807) is 33.8 Å². The number of hydrogen-bond acceptors (Lipinski definition) is 5. The lowest BCUT2D eigenvalue weighted by Crippen LogP contribution is -2.39. The van der Waals surface area contributed by atoms with Gasteiger partial charge in [-0.3, -0.25) is 9.78 Å². The quantitative estimate of drug-likeness (QED) is 0.633. The van der Waals surface area contributed by atoms with Gasteiger partial charge in [-0.15, -0.1) is 0 Å². The Bertz CT molecular complexity index is 860. The average Bonchev–Trinajstić information content (AvgIpc) is 2.75. The SMILES string of the molecule is Cc1cc(C(C)(O)CNC(=O)c2c(C)[nH]c(=O)[nH]c2=S)c(C)o1. The van der Waals surface area contributed by atoms with Crippen molar-refractivity contribution in [1.29, 1.82) is 0 Å². The van der Waals surface area contributed by atoms with E-state index in [0.717, 1.165) is 0 Å². The summed E-state index contributed by atoms with van der Waals surface area (Å²) in [6.45, 7) is 6.68. The van der Waals surface area contributed by atoms with Gasteiger partial charge in [0.25, 0.3) is 5.91 Å². The molecule has 2 aromatic rings. The van der Waals surface area contributed by atoms with Crippen molar-refractivity contribution in [2.24, 2.45) is 0 Å². The maximum atomic E-state index is 12.3. The molecule has 23 heavy (non-hydrogen) atoms. The first-order chi connectivity index (χ1) is 10.6. The molecule has 0 aliphatic rings. The molecule has 0 spiro atoms. The summed E-state index contributed by atoms with van der Waals surface area (Å²) in [7, 11) is 0. The van der Waals surface area contributed by atoms with E-state index in [9.17, 15) is 14.7 Å². The Morgan fingerprint density at radius 1 is 1.39 bits per heavy atom. The summed E-state index contributed by atoms with van der Waals surface area (Å²) >= 11 is 5.01. The maximum absolute atomic E-state index is 12.3. The minimum atomic E-state index is -1.29. The van der Waals surface area contributed by atoms with Crippen molar-refractivity contribution in [3.63, 3.8) is 0 Å². The lowest BCUT2D eigenvalue weighted by molar-refractivity contribution is 0.0513. The summed E-state index contributed by atoms with van der Waals surface area (Å²) in [6.07, 6.45) is 0. The lowest BCUT2D eigenvalue weighted by Gasteiger charge is -2.23. The van der Waals surface area contributed by atoms with E-state index in [2.05, 4.69) is 15.3 Å². The summed E-state index contributed by atoms with van der Waals surface area (Å²) in [6, 6.07) is 1.74. The number of aliphatic hydroxyl groups is 1. The number of rotatable bonds is 4. The van der Waals surface area contributed by atoms with Crippen molar-refractivity contribution < 1.29 is 14.3 Å². The molecule has 4 N–H and O–H groups in total. The van der Waals surface area contributed by atoms with Gasteiger partial charge in [0.15, 0.2) is 0 Å². The third-order valence-corrected chi connectivity index (χ3v) is 3.88. The van der Waals surface area contributed by atoms with Crippen LogP contribution in [0, 0.1) is 25.4 Å². The van der Waals surface area contributed by atoms with Crippen LogP contribution in [0.3, 0.4) is 0 Å². The highest BCUT2D eigenvalue weighted by Gasteiger charge is 2.28. The van der Waals surface area contributed by atoms with Crippen LogP contribution in [0.5, 0.6) is 0 Å². The first-order valence-corrected chi connectivity index (χ1v) is 7.44. The number of aromatic amines is 2. The summed E-state index contributed by atoms with van der Waals surface area (Å²) in [5.74, 6) is 0.806. The van der Waals surface area contributed by atoms with Gasteiger partial charge in [0.2, 0.25) is 0 Å². The number of nitrogens with one attached hydrogen (secondary N) is 3. The van der Waals surface area contributed by atoms with Gasteiger partial charge in [-0.05, 0) is 33.8 Å². The second-order valence-corrected chi connectivity index (χ2v) is 6.10. The van der Waals surface area contributed by atoms with Gasteiger partial charge in [0.05, 0.1) is 12.1 Å². The van der Waals surface area contributed by atoms with E-state index in [1.165, 1.54) is 0 Å². The zero-order chi connectivity index (χ0) is 17.4. The summed E-state index contributed by atoms with van der Waals surface area (Å²) < 4.78 is 5.46. The van der Waals surface area contributed by atoms with E-state index in [4.69, 9.17) is 16.6 Å². The molecule has 2 rings (SSSR count). The minimum Gasteiger partial charge on any atom is -0.466 e. The number of amides is 1. The van der Waals surface area contributed by atoms with Crippen LogP contribution in [0.25, 0.3) is 0 Å². The fourth-order valence-electron chi connectivity index (χ4n) is 2.47. The molecule has 0 radical (unpaired) electrons. The van der Waals surface area contributed by atoms with Gasteiger partial charge in [-0.25, -0.2) is 4.79 Å². The lowest BCUT2D eigenvalue weighted by atomic mass is 9.96. The third kappa shape index (κ3) is 3.59. The molecule has 1 unspecified atom stereocenters. The topological polar surface area (TPSA) is 111 Å². The zero-order valence-corrected chi connectivity index (χ0v) is 14.2. The molecule has 0 aromatic carbocycles. The van der Waals surface area contributed by atoms with Crippen LogP contribution in [-0.4, -0.2) is 27.5 Å². The molecule has 0 aliphatic carbocycles. The molecule has 7 nitrogen and oxygen atoms in total. The molecular weight excluding hydrogens is 318 g/mol. The van der Waals surface area contributed by atoms with Crippen LogP contribution in [0.1, 0.15) is 40.1 Å². The molecule has 2 aromatic heterocycles. The molecule has 2 heterocycles. The van der Waals surface area contributed by atoms with Gasteiger partial charge in [-0.2, -0.15) is 0 Å². The Morgan fingerprint density at radius 2 is 2.04 bits per heavy atom. The van der Waals surface area contributed by atoms with Crippen LogP contribution in [0.15, 0.2) is 15.3 Å². The Balaban J connectivity index is 2.21. The molecule has 0 aliphatic heterocycles. The van der Waals surface area contributed by atoms with Crippen molar-refractivity contribution in [3.05, 3.63) is 49.5 Å². The average molecular weight is 337 g/mol. The van der Waals surface area contributed by atoms with Crippen molar-refractivity contribution in [1.82, 2.24) is 15.3 Å². The predicted molar refractivity (Wildman–Crippen MR) is 87.1 cm³/mol. The van der Waals surface area contributed by atoms with Gasteiger partial charge in [0, 0.05) is 11.3 Å². The van der Waals surface area contributed by atoms with Gasteiger partial charge in [0.1, 0.15) is 21.8 Å². The minimum absolute atomic E-state index is 0.0288. The number of furan rings is 1. The van der Waals surface area contributed by atoms with E-state index in [1.807, 2.05) is 0 Å². The predicted octanol–water partition coefficient (Wildman–Crippen LogP) is 1.59. The van der Waals surface area contributed by atoms with Gasteiger partial charge in [-0.1, -0.05) is 12.2 Å². The Hall–Kier alpha value is -2.19. The third-order valence-electron chi connectivity index (χ3n) is 3.57. The Morgan fingerprint density at radius 3 is 2.57 bits per heavy atom. The second kappa shape index (κ2) is 6.13. The number of aromatic nitrogens is 2. The highest BCUT2D eigenvalue weighted by Crippen LogP contribution is 2.26. The van der Waals surface area contributed by atoms with Crippen molar-refractivity contribution >= 4 is 18.1 Å². The van der Waals surface area contributed by atoms with Crippen molar-refractivity contribution in [2.45, 2.75) is 33.3 Å². The molecule has 8 heteroatoms. The molecule has 0 bridgehead atoms. The largest absolute Gasteiger partial charge is 0.466 e. The van der Waals surface area contributed by atoms with E-state index in [-0.39, 0.29) is 16.7 Å². The van der Waals surface area contributed by atoms with Crippen molar-refractivity contribution in [2.75, 3.05) is 6.54 Å². The normalized spacial score (nSPS) is 13.6. The number of carbonyl (C=O) groups excluding carboxylic acids is 1. The highest BCUT2D eigenvalue weighted by atomic mass is 32.1. The second-order valence-electron chi connectivity index (χ2n) is 5.69. The molecule has 0 fully saturated rings. The first kappa shape index (κ1) is 17.2. The smallest absolute Gasteiger partial charge is 0.324 e. The molecular formula is C15H19N3O4S. The number of hydrogen-bond donors (Lipinski definition) is 4. The zero-order valence-electron chi connectivity index (χ0n) is 13.4. The van der Waals surface area contributed by atoms with Crippen molar-refractivity contribution in [3.8, 4) is 0 Å². The molecule has 124 valence electrons. The van der Waals surface area contributed by atoms with Crippen LogP contribution in [0.4, 0.5) is 0 Å². The summed E-state index contributed by atoms with van der Waals surface area (Å²) in [5, 5.41) is 13.2. The number of aryl methyl sites for hydroxylation is 3. The van der Waals surface area contributed by atoms with Gasteiger partial charge >= 0.3 is 5.69 Å². The molecule has 1 atom stereocenters. The van der Waals surface area contributed by atoms with Crippen LogP contribution in [0.2, 0.25) is 0 Å². The van der Waals surface area contributed by atoms with E-state index in [0.29, 0.717) is 22.8 Å². The van der Waals surface area contributed by atoms with Crippen LogP contribution < -0.4 is 11.0 Å². The highest BCUT2D eigenvalue weighted by molar-refractivity contribution is 7.71. The fraction of sp³-hybridized carbons (Fsp3) is 0.400. The number of H-pyrrole nitrogens is 2. The summed E-state index contributed by atoms with van der Waals surface area (Å²) in [5.41, 5.74) is -0.611. The Kier molecular flexibility index (Phi) is 4.58. The fourth-order valence-corrected chi connectivity index (χ4v) is 2.81. The Labute approximate surface area is 137 Å². The summed E-state index contributed by atoms with van der Waals surface area (Å²) in [4.78, 5) is 28.4. The first-order valence-electron chi connectivity index (χ1n) is 7.03. The maximum Gasteiger partial charge on any atom is 0.324 e. The monoisotopic (exact) mass is 337 g/mol.